The molecule has 0 radical (unpaired) electrons. The molecule has 0 spiro atoms. The number of nitrogens with one attached hydrogen (secondary N) is 2. The molecule has 1 aromatic carbocycles. The maximum atomic E-state index is 13.2. The third-order valence-corrected chi connectivity index (χ3v) is 2.93. The molecule has 0 saturated carbocycles. The minimum absolute atomic E-state index is 0.108. The van der Waals surface area contributed by atoms with Crippen molar-refractivity contribution in [1.29, 1.82) is 0 Å². The van der Waals surface area contributed by atoms with Gasteiger partial charge in [0.05, 0.1) is 6.17 Å². The highest BCUT2D eigenvalue weighted by Gasteiger charge is 2.30. The minimum atomic E-state index is -0.372. The minimum Gasteiger partial charge on any atom is -0.315 e. The Morgan fingerprint density at radius 3 is 2.89 bits per heavy atom. The summed E-state index contributed by atoms with van der Waals surface area (Å²) in [4.78, 5) is 13.8. The van der Waals surface area contributed by atoms with Gasteiger partial charge in [-0.1, -0.05) is 6.07 Å². The van der Waals surface area contributed by atoms with E-state index in [9.17, 15) is 9.18 Å². The van der Waals surface area contributed by atoms with Gasteiger partial charge in [0.2, 0.25) is 5.91 Å². The van der Waals surface area contributed by atoms with Crippen LogP contribution in [-0.2, 0) is 4.79 Å². The van der Waals surface area contributed by atoms with Gasteiger partial charge in [0.15, 0.2) is 0 Å². The molecule has 1 aromatic rings. The number of nitrogens with two attached hydrogens (primary N) is 1. The Morgan fingerprint density at radius 1 is 1.56 bits per heavy atom. The molecule has 4 N–H and O–H groups in total. The lowest BCUT2D eigenvalue weighted by atomic mass is 10.1. The lowest BCUT2D eigenvalue weighted by Gasteiger charge is -2.24. The van der Waals surface area contributed by atoms with Crippen molar-refractivity contribution in [3.05, 3.63) is 30.1 Å². The first-order chi connectivity index (χ1) is 8.61. The third-order valence-electron chi connectivity index (χ3n) is 2.93. The van der Waals surface area contributed by atoms with Crippen LogP contribution in [0.1, 0.15) is 13.3 Å². The molecule has 18 heavy (non-hydrogen) atoms. The maximum absolute atomic E-state index is 13.2. The summed E-state index contributed by atoms with van der Waals surface area (Å²) in [6.45, 7) is 2.33. The average Bonchev–Trinajstić information content (AvgIpc) is 2.77. The SMILES string of the molecule is CCN(C(=O)C1CC(N)NN1)c1cccc(F)c1. The first-order valence-electron chi connectivity index (χ1n) is 5.95. The second-order valence-corrected chi connectivity index (χ2v) is 4.25. The quantitative estimate of drug-likeness (QED) is 0.725. The van der Waals surface area contributed by atoms with E-state index in [0.717, 1.165) is 0 Å². The van der Waals surface area contributed by atoms with E-state index in [2.05, 4.69) is 10.9 Å². The van der Waals surface area contributed by atoms with Gasteiger partial charge in [-0.15, -0.1) is 0 Å². The van der Waals surface area contributed by atoms with Crippen molar-refractivity contribution in [3.8, 4) is 0 Å². The number of benzene rings is 1. The van der Waals surface area contributed by atoms with Crippen molar-refractivity contribution >= 4 is 11.6 Å². The zero-order chi connectivity index (χ0) is 13.1. The van der Waals surface area contributed by atoms with Gasteiger partial charge in [-0.05, 0) is 25.1 Å². The molecule has 1 heterocycles. The zero-order valence-corrected chi connectivity index (χ0v) is 10.2. The molecular formula is C12H17FN4O. The first kappa shape index (κ1) is 12.9. The molecule has 2 rings (SSSR count). The normalized spacial score (nSPS) is 23.1. The summed E-state index contributed by atoms with van der Waals surface area (Å²) in [6.07, 6.45) is 0.287. The van der Waals surface area contributed by atoms with Crippen LogP contribution in [0.4, 0.5) is 10.1 Å². The molecule has 0 aromatic heterocycles. The Balaban J connectivity index is 2.15. The predicted octanol–water partition coefficient (Wildman–Crippen LogP) is 0.330. The summed E-state index contributed by atoms with van der Waals surface area (Å²) in [5.41, 5.74) is 11.9. The maximum Gasteiger partial charge on any atom is 0.245 e. The van der Waals surface area contributed by atoms with E-state index < -0.39 is 0 Å². The van der Waals surface area contributed by atoms with Gasteiger partial charge in [0, 0.05) is 18.7 Å². The highest BCUT2D eigenvalue weighted by Crippen LogP contribution is 2.17. The van der Waals surface area contributed by atoms with Crippen molar-refractivity contribution in [2.75, 3.05) is 11.4 Å². The Bertz CT molecular complexity index is 440. The number of rotatable bonds is 3. The molecular weight excluding hydrogens is 235 g/mol. The fourth-order valence-electron chi connectivity index (χ4n) is 2.04. The van der Waals surface area contributed by atoms with Crippen LogP contribution < -0.4 is 21.5 Å². The number of amides is 1. The molecule has 2 unspecified atom stereocenters. The molecule has 0 bridgehead atoms. The number of hydrazine groups is 1. The highest BCUT2D eigenvalue weighted by molar-refractivity contribution is 5.97. The molecule has 1 aliphatic rings. The fraction of sp³-hybridized carbons (Fsp3) is 0.417. The monoisotopic (exact) mass is 252 g/mol. The van der Waals surface area contributed by atoms with Crippen LogP contribution in [0.25, 0.3) is 0 Å². The molecule has 1 amide bonds. The zero-order valence-electron chi connectivity index (χ0n) is 10.2. The molecule has 1 fully saturated rings. The summed E-state index contributed by atoms with van der Waals surface area (Å²) < 4.78 is 13.2. The summed E-state index contributed by atoms with van der Waals surface area (Å²) in [7, 11) is 0. The first-order valence-corrected chi connectivity index (χ1v) is 5.95. The van der Waals surface area contributed by atoms with Crippen LogP contribution in [0.2, 0.25) is 0 Å². The molecule has 1 saturated heterocycles. The number of carbonyl (C=O) groups is 1. The number of anilines is 1. The van der Waals surface area contributed by atoms with Crippen molar-refractivity contribution in [3.63, 3.8) is 0 Å². The molecule has 5 nitrogen and oxygen atoms in total. The van der Waals surface area contributed by atoms with Gasteiger partial charge < -0.3 is 10.6 Å². The van der Waals surface area contributed by atoms with Crippen LogP contribution >= 0.6 is 0 Å². The van der Waals surface area contributed by atoms with Crippen LogP contribution in [-0.4, -0.2) is 24.7 Å². The number of carbonyl (C=O) groups excluding carboxylic acids is 1. The van der Waals surface area contributed by atoms with E-state index in [4.69, 9.17) is 5.73 Å². The van der Waals surface area contributed by atoms with Gasteiger partial charge in [0.25, 0.3) is 0 Å². The van der Waals surface area contributed by atoms with E-state index in [1.165, 1.54) is 12.1 Å². The summed E-state index contributed by atoms with van der Waals surface area (Å²) in [5, 5.41) is 0. The largest absolute Gasteiger partial charge is 0.315 e. The molecule has 0 aliphatic carbocycles. The van der Waals surface area contributed by atoms with E-state index in [1.54, 1.807) is 17.0 Å². The van der Waals surface area contributed by atoms with E-state index in [-0.39, 0.29) is 23.9 Å². The number of likely N-dealkylation sites (N-methyl/N-ethyl adjacent to an activating group) is 1. The summed E-state index contributed by atoms with van der Waals surface area (Å²) >= 11 is 0. The van der Waals surface area contributed by atoms with Crippen LogP contribution in [0.5, 0.6) is 0 Å². The average molecular weight is 252 g/mol. The van der Waals surface area contributed by atoms with Crippen LogP contribution in [0.3, 0.4) is 0 Å². The van der Waals surface area contributed by atoms with Gasteiger partial charge in [-0.3, -0.25) is 4.79 Å². The Labute approximate surface area is 105 Å². The van der Waals surface area contributed by atoms with Crippen molar-refractivity contribution < 1.29 is 9.18 Å². The number of nitrogens with zero attached hydrogens (tertiary/aromatic N) is 1. The number of halogens is 1. The molecule has 98 valence electrons. The van der Waals surface area contributed by atoms with Gasteiger partial charge >= 0.3 is 0 Å². The third kappa shape index (κ3) is 2.66. The number of hydrogen-bond donors (Lipinski definition) is 3. The highest BCUT2D eigenvalue weighted by atomic mass is 19.1. The van der Waals surface area contributed by atoms with Gasteiger partial charge in [0.1, 0.15) is 11.9 Å². The lowest BCUT2D eigenvalue weighted by Crippen LogP contribution is -2.46. The van der Waals surface area contributed by atoms with E-state index >= 15 is 0 Å². The second-order valence-electron chi connectivity index (χ2n) is 4.25. The van der Waals surface area contributed by atoms with Crippen LogP contribution in [0, 0.1) is 5.82 Å². The van der Waals surface area contributed by atoms with Crippen molar-refractivity contribution in [1.82, 2.24) is 10.9 Å². The fourth-order valence-corrected chi connectivity index (χ4v) is 2.04. The van der Waals surface area contributed by atoms with E-state index in [1.807, 2.05) is 6.92 Å². The smallest absolute Gasteiger partial charge is 0.245 e. The van der Waals surface area contributed by atoms with Gasteiger partial charge in [-0.25, -0.2) is 15.2 Å². The number of hydrogen-bond acceptors (Lipinski definition) is 4. The van der Waals surface area contributed by atoms with Crippen molar-refractivity contribution in [2.45, 2.75) is 25.6 Å². The lowest BCUT2D eigenvalue weighted by molar-refractivity contribution is -0.120. The molecule has 6 heteroatoms. The topological polar surface area (TPSA) is 70.4 Å². The van der Waals surface area contributed by atoms with Crippen LogP contribution in [0.15, 0.2) is 24.3 Å². The van der Waals surface area contributed by atoms with Crippen molar-refractivity contribution in [2.24, 2.45) is 5.73 Å². The standard InChI is InChI=1S/C12H17FN4O/c1-2-17(9-5-3-4-8(13)6-9)12(18)10-7-11(14)16-15-10/h3-6,10-11,15-16H,2,7,14H2,1H3. The second kappa shape index (κ2) is 5.43. The molecule has 2 atom stereocenters. The van der Waals surface area contributed by atoms with E-state index in [0.29, 0.717) is 18.7 Å². The van der Waals surface area contributed by atoms with Gasteiger partial charge in [-0.2, -0.15) is 0 Å². The molecule has 1 aliphatic heterocycles. The summed E-state index contributed by atoms with van der Waals surface area (Å²) in [5.74, 6) is -0.462. The Hall–Kier alpha value is -1.50. The predicted molar refractivity (Wildman–Crippen MR) is 67.1 cm³/mol. The summed E-state index contributed by atoms with van der Waals surface area (Å²) in [6, 6.07) is 5.64. The Kier molecular flexibility index (Phi) is 3.90. The Morgan fingerprint density at radius 2 is 2.33 bits per heavy atom.